The fourth-order valence-electron chi connectivity index (χ4n) is 2.81. The molecular formula is C13H23N3O3. The molecule has 0 aromatic heterocycles. The lowest BCUT2D eigenvalue weighted by Gasteiger charge is -2.34. The first-order chi connectivity index (χ1) is 9.06. The van der Waals surface area contributed by atoms with E-state index in [4.69, 9.17) is 10.8 Å². The van der Waals surface area contributed by atoms with Crippen molar-refractivity contribution in [3.8, 4) is 0 Å². The Kier molecular flexibility index (Phi) is 4.76. The second kappa shape index (κ2) is 6.34. The molecule has 0 unspecified atom stereocenters. The van der Waals surface area contributed by atoms with Gasteiger partial charge in [0.25, 0.3) is 0 Å². The summed E-state index contributed by atoms with van der Waals surface area (Å²) < 4.78 is 0. The monoisotopic (exact) mass is 269 g/mol. The molecule has 2 heterocycles. The number of rotatable bonds is 3. The van der Waals surface area contributed by atoms with Crippen LogP contribution in [0.2, 0.25) is 0 Å². The highest BCUT2D eigenvalue weighted by molar-refractivity contribution is 5.79. The Morgan fingerprint density at radius 1 is 1.16 bits per heavy atom. The van der Waals surface area contributed by atoms with E-state index in [2.05, 4.69) is 4.90 Å². The minimum absolute atomic E-state index is 0.0569. The number of nitrogens with zero attached hydrogens (tertiary/aromatic N) is 2. The summed E-state index contributed by atoms with van der Waals surface area (Å²) in [6, 6.07) is 0.262. The molecule has 3 N–H and O–H groups in total. The number of aliphatic carboxylic acids is 1. The van der Waals surface area contributed by atoms with Gasteiger partial charge < -0.3 is 15.7 Å². The molecule has 0 aliphatic carbocycles. The van der Waals surface area contributed by atoms with Crippen LogP contribution in [0, 0.1) is 5.92 Å². The van der Waals surface area contributed by atoms with E-state index in [1.54, 1.807) is 4.90 Å². The Bertz CT molecular complexity index is 340. The number of carboxylic acid groups (broad SMARTS) is 1. The Balaban J connectivity index is 1.80. The van der Waals surface area contributed by atoms with Crippen molar-refractivity contribution in [2.24, 2.45) is 11.7 Å². The van der Waals surface area contributed by atoms with Gasteiger partial charge in [-0.1, -0.05) is 0 Å². The van der Waals surface area contributed by atoms with Crippen molar-refractivity contribution in [1.82, 2.24) is 9.80 Å². The van der Waals surface area contributed by atoms with E-state index >= 15 is 0 Å². The van der Waals surface area contributed by atoms with Gasteiger partial charge in [-0.2, -0.15) is 0 Å². The molecule has 2 fully saturated rings. The summed E-state index contributed by atoms with van der Waals surface area (Å²) in [5, 5.41) is 9.03. The molecule has 1 atom stereocenters. The van der Waals surface area contributed by atoms with Crippen LogP contribution in [-0.2, 0) is 9.59 Å². The summed E-state index contributed by atoms with van der Waals surface area (Å²) in [6.45, 7) is 3.18. The average Bonchev–Trinajstić information content (AvgIpc) is 2.41. The van der Waals surface area contributed by atoms with Gasteiger partial charge in [-0.05, 0) is 25.7 Å². The van der Waals surface area contributed by atoms with Gasteiger partial charge in [0.2, 0.25) is 5.91 Å². The van der Waals surface area contributed by atoms with Crippen LogP contribution >= 0.6 is 0 Å². The number of carboxylic acids is 1. The highest BCUT2D eigenvalue weighted by atomic mass is 16.4. The highest BCUT2D eigenvalue weighted by Crippen LogP contribution is 2.17. The second-order valence-corrected chi connectivity index (χ2v) is 5.63. The van der Waals surface area contributed by atoms with E-state index in [1.807, 2.05) is 0 Å². The first-order valence-corrected chi connectivity index (χ1v) is 7.05. The maximum atomic E-state index is 12.2. The number of hydrogen-bond acceptors (Lipinski definition) is 4. The van der Waals surface area contributed by atoms with E-state index in [9.17, 15) is 9.59 Å². The smallest absolute Gasteiger partial charge is 0.308 e. The van der Waals surface area contributed by atoms with Crippen molar-refractivity contribution >= 4 is 11.9 Å². The molecule has 2 aliphatic heterocycles. The van der Waals surface area contributed by atoms with Crippen molar-refractivity contribution in [2.45, 2.75) is 31.7 Å². The van der Waals surface area contributed by atoms with Crippen LogP contribution in [0.3, 0.4) is 0 Å². The van der Waals surface area contributed by atoms with Crippen molar-refractivity contribution in [3.05, 3.63) is 0 Å². The first-order valence-electron chi connectivity index (χ1n) is 7.05. The third-order valence-electron chi connectivity index (χ3n) is 4.11. The molecule has 0 bridgehead atoms. The topological polar surface area (TPSA) is 86.9 Å². The number of carbonyl (C=O) groups is 2. The number of piperidine rings is 2. The fourth-order valence-corrected chi connectivity index (χ4v) is 2.81. The quantitative estimate of drug-likeness (QED) is 0.736. The second-order valence-electron chi connectivity index (χ2n) is 5.63. The van der Waals surface area contributed by atoms with E-state index < -0.39 is 11.9 Å². The molecule has 0 spiro atoms. The predicted octanol–water partition coefficient (Wildman–Crippen LogP) is -0.267. The van der Waals surface area contributed by atoms with Crippen LogP contribution in [0.5, 0.6) is 0 Å². The molecule has 2 aliphatic rings. The number of nitrogens with two attached hydrogens (primary N) is 1. The molecule has 1 amide bonds. The van der Waals surface area contributed by atoms with Gasteiger partial charge in [0.05, 0.1) is 12.5 Å². The Labute approximate surface area is 113 Å². The lowest BCUT2D eigenvalue weighted by atomic mass is 9.98. The molecule has 108 valence electrons. The summed E-state index contributed by atoms with van der Waals surface area (Å²) in [5.74, 6) is -1.13. The molecule has 0 aromatic carbocycles. The zero-order valence-corrected chi connectivity index (χ0v) is 11.3. The first kappa shape index (κ1) is 14.3. The van der Waals surface area contributed by atoms with Gasteiger partial charge in [0.1, 0.15) is 0 Å². The summed E-state index contributed by atoms with van der Waals surface area (Å²) in [7, 11) is 0. The molecule has 0 aromatic rings. The fraction of sp³-hybridized carbons (Fsp3) is 0.846. The lowest BCUT2D eigenvalue weighted by Crippen LogP contribution is -2.49. The van der Waals surface area contributed by atoms with E-state index in [1.165, 1.54) is 0 Å². The van der Waals surface area contributed by atoms with Crippen LogP contribution in [0.1, 0.15) is 25.7 Å². The van der Waals surface area contributed by atoms with Crippen molar-refractivity contribution < 1.29 is 14.7 Å². The van der Waals surface area contributed by atoms with E-state index in [0.717, 1.165) is 32.4 Å². The third-order valence-corrected chi connectivity index (χ3v) is 4.11. The van der Waals surface area contributed by atoms with Crippen molar-refractivity contribution in [2.75, 3.05) is 32.7 Å². The number of carbonyl (C=O) groups excluding carboxylic acids is 1. The molecule has 2 rings (SSSR count). The third kappa shape index (κ3) is 3.91. The van der Waals surface area contributed by atoms with Gasteiger partial charge in [-0.25, -0.2) is 0 Å². The normalized spacial score (nSPS) is 26.4. The lowest BCUT2D eigenvalue weighted by molar-refractivity contribution is -0.146. The van der Waals surface area contributed by atoms with Crippen LogP contribution in [-0.4, -0.2) is 65.5 Å². The Morgan fingerprint density at radius 2 is 1.84 bits per heavy atom. The maximum absolute atomic E-state index is 12.2. The zero-order chi connectivity index (χ0) is 13.8. The van der Waals surface area contributed by atoms with Crippen molar-refractivity contribution in [1.29, 1.82) is 0 Å². The Hall–Kier alpha value is -1.14. The number of amides is 1. The molecular weight excluding hydrogens is 246 g/mol. The highest BCUT2D eigenvalue weighted by Gasteiger charge is 2.29. The largest absolute Gasteiger partial charge is 0.481 e. The van der Waals surface area contributed by atoms with Gasteiger partial charge >= 0.3 is 5.97 Å². The van der Waals surface area contributed by atoms with Crippen molar-refractivity contribution in [3.63, 3.8) is 0 Å². The molecule has 6 nitrogen and oxygen atoms in total. The molecule has 0 saturated carbocycles. The van der Waals surface area contributed by atoms with Crippen LogP contribution in [0.15, 0.2) is 0 Å². The Morgan fingerprint density at radius 3 is 2.47 bits per heavy atom. The zero-order valence-electron chi connectivity index (χ0n) is 11.3. The number of hydrogen-bond donors (Lipinski definition) is 2. The molecule has 19 heavy (non-hydrogen) atoms. The maximum Gasteiger partial charge on any atom is 0.308 e. The van der Waals surface area contributed by atoms with Gasteiger partial charge in [-0.15, -0.1) is 0 Å². The minimum atomic E-state index is -0.790. The van der Waals surface area contributed by atoms with Crippen LogP contribution < -0.4 is 5.73 Å². The molecule has 0 radical (unpaired) electrons. The van der Waals surface area contributed by atoms with Gasteiger partial charge in [-0.3, -0.25) is 14.5 Å². The molecule has 6 heteroatoms. The van der Waals surface area contributed by atoms with E-state index in [0.29, 0.717) is 26.1 Å². The summed E-state index contributed by atoms with van der Waals surface area (Å²) in [4.78, 5) is 27.0. The van der Waals surface area contributed by atoms with Crippen LogP contribution in [0.4, 0.5) is 0 Å². The van der Waals surface area contributed by atoms with Gasteiger partial charge in [0.15, 0.2) is 0 Å². The molecule has 2 saturated heterocycles. The summed E-state index contributed by atoms with van der Waals surface area (Å²) >= 11 is 0. The minimum Gasteiger partial charge on any atom is -0.481 e. The number of likely N-dealkylation sites (tertiary alicyclic amines) is 2. The SMILES string of the molecule is NC1CCN(CC(=O)N2CCC[C@H](C(=O)O)C2)CC1. The average molecular weight is 269 g/mol. The summed E-state index contributed by atoms with van der Waals surface area (Å²) in [5.41, 5.74) is 5.83. The predicted molar refractivity (Wildman–Crippen MR) is 70.6 cm³/mol. The summed E-state index contributed by atoms with van der Waals surface area (Å²) in [6.07, 6.45) is 3.33. The standard InChI is InChI=1S/C13H23N3O3/c14-11-3-6-15(7-4-11)9-12(17)16-5-1-2-10(8-16)13(18)19/h10-11H,1-9,14H2,(H,18,19)/t10-/m0/s1. The van der Waals surface area contributed by atoms with Crippen LogP contribution in [0.25, 0.3) is 0 Å². The van der Waals surface area contributed by atoms with Gasteiger partial charge in [0, 0.05) is 32.2 Å². The van der Waals surface area contributed by atoms with E-state index in [-0.39, 0.29) is 11.9 Å².